The van der Waals surface area contributed by atoms with Crippen LogP contribution in [0.5, 0.6) is 11.5 Å². The van der Waals surface area contributed by atoms with Crippen LogP contribution in [0.1, 0.15) is 22.8 Å². The van der Waals surface area contributed by atoms with Crippen LogP contribution in [0.15, 0.2) is 42.6 Å². The fourth-order valence-electron chi connectivity index (χ4n) is 2.96. The average molecular weight is 483 g/mol. The number of amides is 1. The van der Waals surface area contributed by atoms with Crippen molar-refractivity contribution in [1.82, 2.24) is 10.3 Å². The van der Waals surface area contributed by atoms with Gasteiger partial charge in [0.05, 0.1) is 16.2 Å². The predicted molar refractivity (Wildman–Crippen MR) is 121 cm³/mol. The molecule has 0 bridgehead atoms. The summed E-state index contributed by atoms with van der Waals surface area (Å²) in [6.45, 7) is 0.648. The molecule has 0 aliphatic carbocycles. The van der Waals surface area contributed by atoms with Crippen LogP contribution in [0.3, 0.4) is 0 Å². The summed E-state index contributed by atoms with van der Waals surface area (Å²) in [6, 6.07) is 9.64. The second kappa shape index (κ2) is 9.58. The Balaban J connectivity index is 1.83. The monoisotopic (exact) mass is 482 g/mol. The maximum atomic E-state index is 12.3. The van der Waals surface area contributed by atoms with Gasteiger partial charge in [-0.2, -0.15) is 13.2 Å². The number of carbonyl (C=O) groups excluding carboxylic acids is 1. The molecule has 0 fully saturated rings. The number of ether oxygens (including phenoxy) is 1. The Kier molecular flexibility index (Phi) is 7.05. The number of nitrogens with zero attached hydrogens (tertiary/aromatic N) is 1. The number of benzene rings is 2. The molecule has 1 heterocycles. The quantitative estimate of drug-likeness (QED) is 0.419. The van der Waals surface area contributed by atoms with E-state index in [1.165, 1.54) is 12.1 Å². The van der Waals surface area contributed by atoms with E-state index in [0.717, 1.165) is 5.56 Å². The van der Waals surface area contributed by atoms with Crippen molar-refractivity contribution in [2.45, 2.75) is 19.5 Å². The number of carbonyl (C=O) groups is 1. The number of aryl methyl sites for hydroxylation is 1. The van der Waals surface area contributed by atoms with E-state index >= 15 is 0 Å². The number of aromatic nitrogens is 1. The smallest absolute Gasteiger partial charge is 0.405 e. The highest BCUT2D eigenvalue weighted by atomic mass is 35.5. The molecule has 0 spiro atoms. The first kappa shape index (κ1) is 23.6. The van der Waals surface area contributed by atoms with Crippen molar-refractivity contribution in [3.8, 4) is 11.5 Å². The van der Waals surface area contributed by atoms with Crippen LogP contribution in [-0.2, 0) is 6.42 Å². The lowest BCUT2D eigenvalue weighted by molar-refractivity contribution is -0.121. The number of fused-ring (bicyclic) bond motifs is 1. The Bertz CT molecular complexity index is 1190. The molecule has 11 heteroatoms. The van der Waals surface area contributed by atoms with E-state index in [1.807, 2.05) is 6.92 Å². The summed E-state index contributed by atoms with van der Waals surface area (Å²) in [7, 11) is 0. The van der Waals surface area contributed by atoms with Crippen LogP contribution in [-0.4, -0.2) is 28.7 Å². The van der Waals surface area contributed by atoms with Crippen LogP contribution in [0, 0.1) is 0 Å². The van der Waals surface area contributed by atoms with Crippen LogP contribution in [0.4, 0.5) is 18.9 Å². The zero-order chi connectivity index (χ0) is 23.5. The summed E-state index contributed by atoms with van der Waals surface area (Å²) < 4.78 is 42.8. The molecular formula is C21H18ClF3N4O2S. The number of nitrogens with one attached hydrogen (secondary N) is 2. The highest BCUT2D eigenvalue weighted by molar-refractivity contribution is 7.80. The van der Waals surface area contributed by atoms with Gasteiger partial charge in [0.2, 0.25) is 5.91 Å². The lowest BCUT2D eigenvalue weighted by atomic mass is 10.0. The maximum Gasteiger partial charge on any atom is 0.405 e. The van der Waals surface area contributed by atoms with Crippen LogP contribution >= 0.6 is 23.8 Å². The summed E-state index contributed by atoms with van der Waals surface area (Å²) in [5.74, 6) is 0.244. The number of rotatable bonds is 6. The van der Waals surface area contributed by atoms with Gasteiger partial charge in [0.1, 0.15) is 18.0 Å². The highest BCUT2D eigenvalue weighted by Gasteiger charge is 2.27. The molecule has 4 N–H and O–H groups in total. The van der Waals surface area contributed by atoms with Crippen molar-refractivity contribution in [1.29, 1.82) is 0 Å². The molecule has 168 valence electrons. The molecule has 32 heavy (non-hydrogen) atoms. The lowest BCUT2D eigenvalue weighted by Crippen LogP contribution is -2.36. The number of pyridine rings is 1. The second-order valence-corrected chi connectivity index (χ2v) is 7.54. The fraction of sp³-hybridized carbons (Fsp3) is 0.190. The molecule has 0 aliphatic heterocycles. The summed E-state index contributed by atoms with van der Waals surface area (Å²) in [4.78, 5) is 16.1. The van der Waals surface area contributed by atoms with Gasteiger partial charge >= 0.3 is 6.18 Å². The number of thiocarbonyl (C=S) groups is 1. The number of hydrogen-bond donors (Lipinski definition) is 3. The van der Waals surface area contributed by atoms with Crippen molar-refractivity contribution >= 4 is 51.4 Å². The van der Waals surface area contributed by atoms with E-state index in [4.69, 9.17) is 34.3 Å². The number of anilines is 1. The van der Waals surface area contributed by atoms with Crippen LogP contribution in [0.2, 0.25) is 5.02 Å². The Morgan fingerprint density at radius 3 is 2.62 bits per heavy atom. The molecule has 0 radical (unpaired) electrons. The number of nitrogens with two attached hydrogens (primary N) is 1. The first-order valence-electron chi connectivity index (χ1n) is 9.38. The Morgan fingerprint density at radius 2 is 2.00 bits per heavy atom. The molecular weight excluding hydrogens is 465 g/mol. The van der Waals surface area contributed by atoms with Gasteiger partial charge in [-0.25, -0.2) is 0 Å². The van der Waals surface area contributed by atoms with E-state index in [1.54, 1.807) is 30.5 Å². The number of hydrogen-bond acceptors (Lipinski definition) is 4. The molecule has 0 aliphatic rings. The van der Waals surface area contributed by atoms with E-state index < -0.39 is 18.6 Å². The van der Waals surface area contributed by atoms with Gasteiger partial charge in [0, 0.05) is 23.2 Å². The van der Waals surface area contributed by atoms with Crippen molar-refractivity contribution in [2.24, 2.45) is 5.73 Å². The average Bonchev–Trinajstić information content (AvgIpc) is 2.73. The Labute approximate surface area is 191 Å². The molecule has 1 aromatic heterocycles. The van der Waals surface area contributed by atoms with E-state index in [2.05, 4.69) is 15.6 Å². The minimum atomic E-state index is -4.40. The lowest BCUT2D eigenvalue weighted by Gasteiger charge is -2.15. The minimum absolute atomic E-state index is 0.183. The highest BCUT2D eigenvalue weighted by Crippen LogP contribution is 2.34. The summed E-state index contributed by atoms with van der Waals surface area (Å²) in [6.07, 6.45) is -2.21. The minimum Gasteiger partial charge on any atom is -0.457 e. The molecule has 2 aromatic carbocycles. The number of alkyl halides is 3. The van der Waals surface area contributed by atoms with Crippen LogP contribution < -0.4 is 21.1 Å². The molecule has 1 amide bonds. The van der Waals surface area contributed by atoms with Crippen molar-refractivity contribution in [3.63, 3.8) is 0 Å². The van der Waals surface area contributed by atoms with Crippen molar-refractivity contribution in [3.05, 3.63) is 58.7 Å². The topological polar surface area (TPSA) is 89.3 Å². The molecule has 6 nitrogen and oxygen atoms in total. The Hall–Kier alpha value is -3.11. The van der Waals surface area contributed by atoms with E-state index in [9.17, 15) is 18.0 Å². The van der Waals surface area contributed by atoms with Gasteiger partial charge in [0.25, 0.3) is 0 Å². The third kappa shape index (κ3) is 5.77. The summed E-state index contributed by atoms with van der Waals surface area (Å²) in [5.41, 5.74) is 7.61. The maximum absolute atomic E-state index is 12.3. The number of primary amides is 1. The normalized spacial score (nSPS) is 11.3. The summed E-state index contributed by atoms with van der Waals surface area (Å²) >= 11 is 11.1. The third-order valence-electron chi connectivity index (χ3n) is 4.44. The van der Waals surface area contributed by atoms with Crippen LogP contribution in [0.25, 0.3) is 10.9 Å². The third-order valence-corrected chi connectivity index (χ3v) is 5.00. The van der Waals surface area contributed by atoms with Gasteiger partial charge < -0.3 is 21.1 Å². The molecule has 0 atom stereocenters. The zero-order valence-electron chi connectivity index (χ0n) is 16.7. The number of halogens is 4. The first-order valence-corrected chi connectivity index (χ1v) is 10.2. The molecule has 0 saturated carbocycles. The standard InChI is InChI=1S/C21H18ClF3N4O2S/c1-2-11-7-17-14(9-13(11)19(26)30)18(5-6-27-17)31-12-3-4-16(15(22)8-12)29-20(32)28-10-21(23,24)25/h3-9H,2,10H2,1H3,(H2,26,30)(H2,28,29,32). The van der Waals surface area contributed by atoms with E-state index in [0.29, 0.717) is 40.1 Å². The largest absolute Gasteiger partial charge is 0.457 e. The van der Waals surface area contributed by atoms with Crippen molar-refractivity contribution in [2.75, 3.05) is 11.9 Å². The van der Waals surface area contributed by atoms with Gasteiger partial charge in [0.15, 0.2) is 5.11 Å². The van der Waals surface area contributed by atoms with Gasteiger partial charge in [-0.3, -0.25) is 9.78 Å². The van der Waals surface area contributed by atoms with Crippen molar-refractivity contribution < 1.29 is 22.7 Å². The summed E-state index contributed by atoms with van der Waals surface area (Å²) in [5, 5.41) is 5.22. The SMILES string of the molecule is CCc1cc2nccc(Oc3ccc(NC(=S)NCC(F)(F)F)c(Cl)c3)c2cc1C(N)=O. The second-order valence-electron chi connectivity index (χ2n) is 6.72. The van der Waals surface area contributed by atoms with Gasteiger partial charge in [-0.05, 0) is 54.5 Å². The molecule has 0 saturated heterocycles. The molecule has 3 rings (SSSR count). The van der Waals surface area contributed by atoms with Gasteiger partial charge in [-0.15, -0.1) is 0 Å². The van der Waals surface area contributed by atoms with E-state index in [-0.39, 0.29) is 10.1 Å². The first-order chi connectivity index (χ1) is 15.1. The van der Waals surface area contributed by atoms with Gasteiger partial charge in [-0.1, -0.05) is 18.5 Å². The fourth-order valence-corrected chi connectivity index (χ4v) is 3.36. The predicted octanol–water partition coefficient (Wildman–Crippen LogP) is 5.19. The molecule has 3 aromatic rings. The molecule has 0 unspecified atom stereocenters. The Morgan fingerprint density at radius 1 is 1.25 bits per heavy atom. The zero-order valence-corrected chi connectivity index (χ0v) is 18.3.